The Kier molecular flexibility index (Phi) is 4.69. The predicted molar refractivity (Wildman–Crippen MR) is 78.9 cm³/mol. The molecule has 0 aliphatic heterocycles. The molecule has 0 aromatic heterocycles. The van der Waals surface area contributed by atoms with Gasteiger partial charge >= 0.3 is 0 Å². The zero-order chi connectivity index (χ0) is 13.1. The van der Waals surface area contributed by atoms with Crippen molar-refractivity contribution in [2.75, 3.05) is 0 Å². The molecule has 100 valence electrons. The van der Waals surface area contributed by atoms with Crippen molar-refractivity contribution in [1.82, 2.24) is 0 Å². The first kappa shape index (κ1) is 13.9. The molecule has 0 heterocycles. The first-order chi connectivity index (χ1) is 8.61. The zero-order valence-corrected chi connectivity index (χ0v) is 12.2. The molecule has 1 aromatic rings. The van der Waals surface area contributed by atoms with Crippen molar-refractivity contribution < 1.29 is 0 Å². The normalized spacial score (nSPS) is 26.0. The van der Waals surface area contributed by atoms with Gasteiger partial charge in [-0.3, -0.25) is 0 Å². The lowest BCUT2D eigenvalue weighted by atomic mass is 9.75. The van der Waals surface area contributed by atoms with Crippen molar-refractivity contribution >= 4 is 11.6 Å². The third-order valence-corrected chi connectivity index (χ3v) is 4.73. The van der Waals surface area contributed by atoms with Crippen LogP contribution in [0.15, 0.2) is 18.2 Å². The van der Waals surface area contributed by atoms with Crippen LogP contribution >= 0.6 is 11.6 Å². The number of aryl methyl sites for hydroxylation is 1. The third kappa shape index (κ3) is 3.07. The monoisotopic (exact) mass is 265 g/mol. The molecule has 2 rings (SSSR count). The molecule has 0 bridgehead atoms. The van der Waals surface area contributed by atoms with Gasteiger partial charge in [-0.1, -0.05) is 43.9 Å². The summed E-state index contributed by atoms with van der Waals surface area (Å²) in [6.45, 7) is 4.41. The van der Waals surface area contributed by atoms with E-state index in [-0.39, 0.29) is 6.04 Å². The first-order valence-corrected chi connectivity index (χ1v) is 7.51. The van der Waals surface area contributed by atoms with Crippen LogP contribution in [0.2, 0.25) is 5.02 Å². The van der Waals surface area contributed by atoms with Crippen LogP contribution < -0.4 is 5.73 Å². The molecule has 18 heavy (non-hydrogen) atoms. The molecule has 0 saturated heterocycles. The van der Waals surface area contributed by atoms with E-state index in [1.165, 1.54) is 43.2 Å². The fourth-order valence-electron chi connectivity index (χ4n) is 3.30. The lowest BCUT2D eigenvalue weighted by Gasteiger charge is -2.33. The van der Waals surface area contributed by atoms with Crippen LogP contribution in [0, 0.1) is 18.8 Å². The lowest BCUT2D eigenvalue weighted by molar-refractivity contribution is 0.230. The van der Waals surface area contributed by atoms with Gasteiger partial charge in [-0.2, -0.15) is 0 Å². The minimum atomic E-state index is 0.177. The summed E-state index contributed by atoms with van der Waals surface area (Å²) in [6, 6.07) is 6.27. The van der Waals surface area contributed by atoms with Crippen molar-refractivity contribution in [1.29, 1.82) is 0 Å². The molecule has 0 spiro atoms. The van der Waals surface area contributed by atoms with Gasteiger partial charge in [0.05, 0.1) is 0 Å². The Morgan fingerprint density at radius 2 is 2.17 bits per heavy atom. The van der Waals surface area contributed by atoms with E-state index in [2.05, 4.69) is 19.9 Å². The average molecular weight is 266 g/mol. The number of benzene rings is 1. The van der Waals surface area contributed by atoms with Gasteiger partial charge in [-0.25, -0.2) is 0 Å². The van der Waals surface area contributed by atoms with Crippen LogP contribution in [-0.2, 0) is 0 Å². The van der Waals surface area contributed by atoms with Crippen LogP contribution in [0.25, 0.3) is 0 Å². The van der Waals surface area contributed by atoms with E-state index >= 15 is 0 Å². The van der Waals surface area contributed by atoms with E-state index in [0.717, 1.165) is 10.9 Å². The maximum Gasteiger partial charge on any atom is 0.0408 e. The highest BCUT2D eigenvalue weighted by atomic mass is 35.5. The number of rotatable bonds is 3. The molecule has 1 fully saturated rings. The van der Waals surface area contributed by atoms with Crippen LogP contribution in [0.5, 0.6) is 0 Å². The zero-order valence-electron chi connectivity index (χ0n) is 11.5. The van der Waals surface area contributed by atoms with E-state index in [1.54, 1.807) is 0 Å². The van der Waals surface area contributed by atoms with Crippen LogP contribution in [0.4, 0.5) is 0 Å². The second kappa shape index (κ2) is 6.08. The molecule has 1 aliphatic rings. The fraction of sp³-hybridized carbons (Fsp3) is 0.625. The minimum Gasteiger partial charge on any atom is -0.324 e. The predicted octanol–water partition coefficient (Wildman–Crippen LogP) is 4.86. The van der Waals surface area contributed by atoms with Gasteiger partial charge in [0.25, 0.3) is 0 Å². The smallest absolute Gasteiger partial charge is 0.0408 e. The topological polar surface area (TPSA) is 26.0 Å². The summed E-state index contributed by atoms with van der Waals surface area (Å²) < 4.78 is 0. The lowest BCUT2D eigenvalue weighted by Crippen LogP contribution is -2.27. The van der Waals surface area contributed by atoms with Crippen molar-refractivity contribution in [3.8, 4) is 0 Å². The molecule has 2 N–H and O–H groups in total. The summed E-state index contributed by atoms with van der Waals surface area (Å²) in [4.78, 5) is 0. The Morgan fingerprint density at radius 3 is 2.83 bits per heavy atom. The number of hydrogen-bond acceptors (Lipinski definition) is 1. The first-order valence-electron chi connectivity index (χ1n) is 7.13. The van der Waals surface area contributed by atoms with E-state index in [0.29, 0.717) is 5.92 Å². The summed E-state index contributed by atoms with van der Waals surface area (Å²) in [5, 5.41) is 0.804. The van der Waals surface area contributed by atoms with E-state index < -0.39 is 0 Å². The quantitative estimate of drug-likeness (QED) is 0.829. The summed E-state index contributed by atoms with van der Waals surface area (Å²) in [7, 11) is 0. The Labute approximate surface area is 116 Å². The van der Waals surface area contributed by atoms with Gasteiger partial charge < -0.3 is 5.73 Å². The number of hydrogen-bond donors (Lipinski definition) is 1. The molecular formula is C16H24ClN. The van der Waals surface area contributed by atoms with E-state index in [9.17, 15) is 0 Å². The van der Waals surface area contributed by atoms with Crippen LogP contribution in [0.3, 0.4) is 0 Å². The molecule has 3 atom stereocenters. The highest BCUT2D eigenvalue weighted by molar-refractivity contribution is 6.30. The number of nitrogens with two attached hydrogens (primary N) is 1. The summed E-state index contributed by atoms with van der Waals surface area (Å²) in [5.41, 5.74) is 9.00. The molecule has 1 nitrogen and oxygen atoms in total. The highest BCUT2D eigenvalue weighted by Gasteiger charge is 2.27. The SMILES string of the molecule is CCC1CCCC(C(N)c2ccc(Cl)cc2C)C1. The van der Waals surface area contributed by atoms with Crippen LogP contribution in [-0.4, -0.2) is 0 Å². The highest BCUT2D eigenvalue weighted by Crippen LogP contribution is 2.38. The molecule has 1 aromatic carbocycles. The molecule has 0 amide bonds. The molecule has 1 saturated carbocycles. The van der Waals surface area contributed by atoms with E-state index in [1.807, 2.05) is 12.1 Å². The van der Waals surface area contributed by atoms with Gasteiger partial charge in [0.15, 0.2) is 0 Å². The van der Waals surface area contributed by atoms with Crippen LogP contribution in [0.1, 0.15) is 56.2 Å². The second-order valence-electron chi connectivity index (χ2n) is 5.73. The Bertz CT molecular complexity index is 402. The van der Waals surface area contributed by atoms with Crippen molar-refractivity contribution in [3.63, 3.8) is 0 Å². The fourth-order valence-corrected chi connectivity index (χ4v) is 3.52. The average Bonchev–Trinajstić information content (AvgIpc) is 2.38. The summed E-state index contributed by atoms with van der Waals surface area (Å²) in [6.07, 6.45) is 6.59. The van der Waals surface area contributed by atoms with Crippen molar-refractivity contribution in [2.24, 2.45) is 17.6 Å². The Balaban J connectivity index is 2.12. The minimum absolute atomic E-state index is 0.177. The van der Waals surface area contributed by atoms with Gasteiger partial charge in [-0.05, 0) is 54.9 Å². The molecule has 3 unspecified atom stereocenters. The maximum absolute atomic E-state index is 6.49. The largest absolute Gasteiger partial charge is 0.324 e. The van der Waals surface area contributed by atoms with Crippen molar-refractivity contribution in [2.45, 2.75) is 52.0 Å². The standard InChI is InChI=1S/C16H24ClN/c1-3-12-5-4-6-13(10-12)16(18)15-8-7-14(17)9-11(15)2/h7-9,12-13,16H,3-6,10,18H2,1-2H3. The Morgan fingerprint density at radius 1 is 1.39 bits per heavy atom. The summed E-state index contributed by atoms with van der Waals surface area (Å²) >= 11 is 6.01. The van der Waals surface area contributed by atoms with Gasteiger partial charge in [0.2, 0.25) is 0 Å². The molecule has 0 radical (unpaired) electrons. The maximum atomic E-state index is 6.49. The van der Waals surface area contributed by atoms with Crippen molar-refractivity contribution in [3.05, 3.63) is 34.3 Å². The van der Waals surface area contributed by atoms with Gasteiger partial charge in [0, 0.05) is 11.1 Å². The van der Waals surface area contributed by atoms with Gasteiger partial charge in [-0.15, -0.1) is 0 Å². The second-order valence-corrected chi connectivity index (χ2v) is 6.16. The molecular weight excluding hydrogens is 242 g/mol. The summed E-state index contributed by atoms with van der Waals surface area (Å²) in [5.74, 6) is 1.52. The van der Waals surface area contributed by atoms with E-state index in [4.69, 9.17) is 17.3 Å². The van der Waals surface area contributed by atoms with Gasteiger partial charge in [0.1, 0.15) is 0 Å². The molecule has 1 aliphatic carbocycles. The number of halogens is 1. The third-order valence-electron chi connectivity index (χ3n) is 4.50. The Hall–Kier alpha value is -0.530. The molecule has 2 heteroatoms.